The highest BCUT2D eigenvalue weighted by Gasteiger charge is 2.06. The molecule has 0 unspecified atom stereocenters. The van der Waals surface area contributed by atoms with E-state index >= 15 is 0 Å². The van der Waals surface area contributed by atoms with E-state index in [9.17, 15) is 0 Å². The molecule has 0 saturated heterocycles. The smallest absolute Gasteiger partial charge is 0.176 e. The van der Waals surface area contributed by atoms with Crippen LogP contribution in [0.3, 0.4) is 0 Å². The van der Waals surface area contributed by atoms with Gasteiger partial charge in [0.1, 0.15) is 0 Å². The molecule has 0 bridgehead atoms. The zero-order chi connectivity index (χ0) is 9.26. The van der Waals surface area contributed by atoms with Crippen molar-refractivity contribution in [2.75, 3.05) is 0 Å². The molecule has 0 atom stereocenters. The van der Waals surface area contributed by atoms with Crippen molar-refractivity contribution < 1.29 is 0 Å². The Morgan fingerprint density at radius 1 is 1.69 bits per heavy atom. The SMILES string of the molecule is CCn1nccc1-c1n[nH]c(=S)s1. The lowest BCUT2D eigenvalue weighted by Crippen LogP contribution is -1.98. The van der Waals surface area contributed by atoms with Gasteiger partial charge in [-0.3, -0.25) is 9.78 Å². The molecule has 0 spiro atoms. The monoisotopic (exact) mass is 212 g/mol. The summed E-state index contributed by atoms with van der Waals surface area (Å²) in [5.41, 5.74) is 1.01. The summed E-state index contributed by atoms with van der Waals surface area (Å²) in [6, 6.07) is 1.94. The van der Waals surface area contributed by atoms with Gasteiger partial charge >= 0.3 is 0 Å². The van der Waals surface area contributed by atoms with Crippen LogP contribution in [0.25, 0.3) is 10.7 Å². The number of aromatic nitrogens is 4. The van der Waals surface area contributed by atoms with Crippen LogP contribution in [0.4, 0.5) is 0 Å². The molecule has 0 amide bonds. The molecule has 68 valence electrons. The van der Waals surface area contributed by atoms with Gasteiger partial charge in [-0.25, -0.2) is 0 Å². The Kier molecular flexibility index (Phi) is 2.24. The predicted octanol–water partition coefficient (Wildman–Crippen LogP) is 2.08. The lowest BCUT2D eigenvalue weighted by Gasteiger charge is -1.98. The van der Waals surface area contributed by atoms with Crippen LogP contribution in [-0.4, -0.2) is 20.0 Å². The number of nitrogens with zero attached hydrogens (tertiary/aromatic N) is 3. The summed E-state index contributed by atoms with van der Waals surface area (Å²) in [7, 11) is 0. The summed E-state index contributed by atoms with van der Waals surface area (Å²) in [6.07, 6.45) is 1.77. The summed E-state index contributed by atoms with van der Waals surface area (Å²) < 4.78 is 2.58. The van der Waals surface area contributed by atoms with Crippen molar-refractivity contribution in [1.29, 1.82) is 0 Å². The Labute approximate surface area is 84.2 Å². The van der Waals surface area contributed by atoms with Gasteiger partial charge < -0.3 is 0 Å². The number of hydrogen-bond donors (Lipinski definition) is 1. The van der Waals surface area contributed by atoms with Crippen molar-refractivity contribution in [3.8, 4) is 10.7 Å². The van der Waals surface area contributed by atoms with Crippen molar-refractivity contribution in [2.24, 2.45) is 0 Å². The number of nitrogens with one attached hydrogen (secondary N) is 1. The normalized spacial score (nSPS) is 10.5. The van der Waals surface area contributed by atoms with Gasteiger partial charge in [-0.2, -0.15) is 10.2 Å². The minimum absolute atomic E-state index is 0.693. The van der Waals surface area contributed by atoms with Crippen LogP contribution in [0.15, 0.2) is 12.3 Å². The zero-order valence-electron chi connectivity index (χ0n) is 7.02. The van der Waals surface area contributed by atoms with E-state index in [2.05, 4.69) is 15.3 Å². The van der Waals surface area contributed by atoms with Crippen LogP contribution in [0.1, 0.15) is 6.92 Å². The van der Waals surface area contributed by atoms with Crippen molar-refractivity contribution in [2.45, 2.75) is 13.5 Å². The van der Waals surface area contributed by atoms with Crippen LogP contribution in [0, 0.1) is 3.95 Å². The maximum Gasteiger partial charge on any atom is 0.176 e. The lowest BCUT2D eigenvalue weighted by atomic mass is 10.4. The van der Waals surface area contributed by atoms with Gasteiger partial charge in [0.05, 0.1) is 5.69 Å². The minimum atomic E-state index is 0.693. The Morgan fingerprint density at radius 3 is 3.15 bits per heavy atom. The summed E-state index contributed by atoms with van der Waals surface area (Å²) >= 11 is 6.42. The molecule has 2 aromatic rings. The van der Waals surface area contributed by atoms with Gasteiger partial charge in [0, 0.05) is 12.7 Å². The molecule has 13 heavy (non-hydrogen) atoms. The molecule has 0 aliphatic carbocycles. The van der Waals surface area contributed by atoms with E-state index in [0.717, 1.165) is 17.2 Å². The molecule has 1 N–H and O–H groups in total. The largest absolute Gasteiger partial charge is 0.263 e. The molecule has 0 saturated carbocycles. The average molecular weight is 212 g/mol. The highest BCUT2D eigenvalue weighted by molar-refractivity contribution is 7.73. The molecule has 6 heteroatoms. The number of H-pyrrole nitrogens is 1. The van der Waals surface area contributed by atoms with E-state index in [1.807, 2.05) is 17.7 Å². The fourth-order valence-electron chi connectivity index (χ4n) is 1.11. The Hall–Kier alpha value is -1.01. The van der Waals surface area contributed by atoms with Gasteiger partial charge in [-0.05, 0) is 25.2 Å². The van der Waals surface area contributed by atoms with E-state index in [1.165, 1.54) is 11.3 Å². The summed E-state index contributed by atoms with van der Waals surface area (Å²) in [5.74, 6) is 0. The standard InChI is InChI=1S/C7H8N4S2/c1-2-11-5(3-4-8-11)6-9-10-7(12)13-6/h3-4H,2H2,1H3,(H,10,12). The minimum Gasteiger partial charge on any atom is -0.263 e. The van der Waals surface area contributed by atoms with Crippen molar-refractivity contribution in [3.05, 3.63) is 16.2 Å². The molecule has 0 aliphatic rings. The molecule has 0 fully saturated rings. The van der Waals surface area contributed by atoms with Gasteiger partial charge in [-0.15, -0.1) is 0 Å². The number of hydrogen-bond acceptors (Lipinski definition) is 4. The van der Waals surface area contributed by atoms with Crippen LogP contribution in [0.2, 0.25) is 0 Å². The average Bonchev–Trinajstić information content (AvgIpc) is 2.71. The topological polar surface area (TPSA) is 46.5 Å². The van der Waals surface area contributed by atoms with Crippen LogP contribution < -0.4 is 0 Å². The van der Waals surface area contributed by atoms with Crippen LogP contribution >= 0.6 is 23.6 Å². The van der Waals surface area contributed by atoms with E-state index < -0.39 is 0 Å². The molecule has 2 aromatic heterocycles. The molecule has 2 heterocycles. The summed E-state index contributed by atoms with van der Waals surface area (Å²) in [6.45, 7) is 2.89. The lowest BCUT2D eigenvalue weighted by molar-refractivity contribution is 0.666. The first kappa shape index (κ1) is 8.58. The fraction of sp³-hybridized carbons (Fsp3) is 0.286. The molecule has 0 aliphatic heterocycles. The Balaban J connectivity index is 2.51. The first-order valence-corrected chi connectivity index (χ1v) is 5.11. The van der Waals surface area contributed by atoms with Crippen molar-refractivity contribution in [1.82, 2.24) is 20.0 Å². The van der Waals surface area contributed by atoms with E-state index in [-0.39, 0.29) is 0 Å². The Bertz CT molecular complexity index is 453. The van der Waals surface area contributed by atoms with Crippen LogP contribution in [-0.2, 0) is 6.54 Å². The fourth-order valence-corrected chi connectivity index (χ4v) is 2.02. The third kappa shape index (κ3) is 1.54. The van der Waals surface area contributed by atoms with E-state index in [0.29, 0.717) is 3.95 Å². The van der Waals surface area contributed by atoms with Crippen LogP contribution in [0.5, 0.6) is 0 Å². The number of aryl methyl sites for hydroxylation is 1. The Morgan fingerprint density at radius 2 is 2.54 bits per heavy atom. The van der Waals surface area contributed by atoms with E-state index in [1.54, 1.807) is 6.20 Å². The van der Waals surface area contributed by atoms with Crippen molar-refractivity contribution >= 4 is 23.6 Å². The third-order valence-corrected chi connectivity index (χ3v) is 2.79. The van der Waals surface area contributed by atoms with Crippen molar-refractivity contribution in [3.63, 3.8) is 0 Å². The molecule has 0 aromatic carbocycles. The van der Waals surface area contributed by atoms with Gasteiger partial charge in [0.15, 0.2) is 8.96 Å². The highest BCUT2D eigenvalue weighted by Crippen LogP contribution is 2.20. The molecular formula is C7H8N4S2. The second-order valence-corrected chi connectivity index (χ2v) is 4.12. The molecule has 4 nitrogen and oxygen atoms in total. The second kappa shape index (κ2) is 3.39. The summed E-state index contributed by atoms with van der Waals surface area (Å²) in [4.78, 5) is 0. The summed E-state index contributed by atoms with van der Waals surface area (Å²) in [5, 5.41) is 11.9. The number of aromatic amines is 1. The maximum absolute atomic E-state index is 4.96. The molecular weight excluding hydrogens is 204 g/mol. The van der Waals surface area contributed by atoms with Gasteiger partial charge in [0.2, 0.25) is 0 Å². The quantitative estimate of drug-likeness (QED) is 0.775. The van der Waals surface area contributed by atoms with Gasteiger partial charge in [-0.1, -0.05) is 11.3 Å². The maximum atomic E-state index is 4.96. The molecule has 2 rings (SSSR count). The third-order valence-electron chi connectivity index (χ3n) is 1.67. The van der Waals surface area contributed by atoms with E-state index in [4.69, 9.17) is 12.2 Å². The highest BCUT2D eigenvalue weighted by atomic mass is 32.1. The first-order chi connectivity index (χ1) is 6.31. The van der Waals surface area contributed by atoms with Gasteiger partial charge in [0.25, 0.3) is 0 Å². The number of rotatable bonds is 2. The second-order valence-electron chi connectivity index (χ2n) is 2.45. The predicted molar refractivity (Wildman–Crippen MR) is 54.2 cm³/mol. The first-order valence-electron chi connectivity index (χ1n) is 3.89. The molecule has 0 radical (unpaired) electrons. The zero-order valence-corrected chi connectivity index (χ0v) is 8.65.